The maximum absolute atomic E-state index is 14.1. The van der Waals surface area contributed by atoms with Gasteiger partial charge in [-0.05, 0) is 64.7 Å². The molecule has 1 aromatic heterocycles. The summed E-state index contributed by atoms with van der Waals surface area (Å²) in [5.41, 5.74) is -1.41. The van der Waals surface area contributed by atoms with Crippen LogP contribution < -0.4 is 15.4 Å². The summed E-state index contributed by atoms with van der Waals surface area (Å²) in [5, 5.41) is 16.4. The van der Waals surface area contributed by atoms with E-state index in [1.54, 1.807) is 33.0 Å². The molecule has 11 heteroatoms. The fourth-order valence-electron chi connectivity index (χ4n) is 5.95. The van der Waals surface area contributed by atoms with Gasteiger partial charge in [0.15, 0.2) is 0 Å². The van der Waals surface area contributed by atoms with Crippen LogP contribution in [0.3, 0.4) is 0 Å². The fourth-order valence-corrected chi connectivity index (χ4v) is 5.95. The molecule has 1 aromatic carbocycles. The summed E-state index contributed by atoms with van der Waals surface area (Å²) in [7, 11) is 0. The molecule has 3 amide bonds. The van der Waals surface area contributed by atoms with E-state index in [1.807, 2.05) is 36.4 Å². The van der Waals surface area contributed by atoms with E-state index in [0.717, 1.165) is 30.2 Å². The molecule has 3 heterocycles. The van der Waals surface area contributed by atoms with Gasteiger partial charge in [0.05, 0.1) is 12.1 Å². The van der Waals surface area contributed by atoms with Gasteiger partial charge < -0.3 is 30.1 Å². The van der Waals surface area contributed by atoms with Gasteiger partial charge in [0.2, 0.25) is 11.8 Å². The fraction of sp³-hybridized carbons (Fsp3) is 0.531. The molecule has 0 radical (unpaired) electrons. The molecule has 43 heavy (non-hydrogen) atoms. The van der Waals surface area contributed by atoms with Gasteiger partial charge in [-0.25, -0.2) is 9.59 Å². The number of ether oxygens (including phenoxy) is 2. The number of carboxylic acid groups (broad SMARTS) is 1. The first-order chi connectivity index (χ1) is 20.5. The average Bonchev–Trinajstić information content (AvgIpc) is 3.48. The van der Waals surface area contributed by atoms with E-state index >= 15 is 0 Å². The van der Waals surface area contributed by atoms with Crippen molar-refractivity contribution in [3.8, 4) is 5.75 Å². The summed E-state index contributed by atoms with van der Waals surface area (Å²) >= 11 is 0. The Bertz CT molecular complexity index is 1410. The lowest BCUT2D eigenvalue weighted by Gasteiger charge is -2.30. The van der Waals surface area contributed by atoms with Gasteiger partial charge in [-0.15, -0.1) is 0 Å². The van der Waals surface area contributed by atoms with Gasteiger partial charge in [-0.2, -0.15) is 0 Å². The summed E-state index contributed by atoms with van der Waals surface area (Å²) < 4.78 is 11.8. The van der Waals surface area contributed by atoms with Crippen molar-refractivity contribution >= 4 is 34.8 Å². The third-order valence-electron chi connectivity index (χ3n) is 8.21. The van der Waals surface area contributed by atoms with Gasteiger partial charge in [-0.1, -0.05) is 37.1 Å². The number of aromatic nitrogens is 1. The lowest BCUT2D eigenvalue weighted by atomic mass is 10.0. The molecule has 2 fully saturated rings. The third kappa shape index (κ3) is 6.92. The summed E-state index contributed by atoms with van der Waals surface area (Å²) in [4.78, 5) is 58.8. The molecule has 1 saturated heterocycles. The SMILES string of the molecule is CC(C)(C)OC(=O)NC1CCCCCC=CC2CC2(C(=O)O)NC(=O)C2CC(Oc3ccnc4ccccc34)CN2C1=O. The van der Waals surface area contributed by atoms with E-state index < -0.39 is 53.2 Å². The van der Waals surface area contributed by atoms with Crippen LogP contribution in [0, 0.1) is 5.92 Å². The van der Waals surface area contributed by atoms with Crippen molar-refractivity contribution in [3.05, 3.63) is 48.7 Å². The van der Waals surface area contributed by atoms with E-state index in [4.69, 9.17) is 9.47 Å². The number of fused-ring (bicyclic) bond motifs is 3. The van der Waals surface area contributed by atoms with Crippen molar-refractivity contribution in [1.29, 1.82) is 0 Å². The van der Waals surface area contributed by atoms with E-state index in [0.29, 0.717) is 18.6 Å². The first kappa shape index (κ1) is 30.3. The minimum absolute atomic E-state index is 0.0868. The summed E-state index contributed by atoms with van der Waals surface area (Å²) in [5.74, 6) is -1.83. The third-order valence-corrected chi connectivity index (χ3v) is 8.21. The number of allylic oxidation sites excluding steroid dienone is 1. The standard InChI is InChI=1S/C32H40N4O7/c1-31(2,3)43-30(41)34-24-14-8-6-4-5-7-11-20-18-32(20,29(39)40)35-27(37)25-17-21(19-36(25)28(24)38)42-26-15-16-33-23-13-10-9-12-22(23)26/h7,9-13,15-16,20-21,24-25H,4-6,8,14,17-19H2,1-3H3,(H,34,41)(H,35,37)(H,39,40). The van der Waals surface area contributed by atoms with Crippen LogP contribution in [0.4, 0.5) is 4.79 Å². The zero-order valence-corrected chi connectivity index (χ0v) is 24.9. The van der Waals surface area contributed by atoms with Gasteiger partial charge >= 0.3 is 12.1 Å². The number of para-hydroxylation sites is 1. The molecule has 11 nitrogen and oxygen atoms in total. The van der Waals surface area contributed by atoms with Crippen molar-refractivity contribution in [2.45, 2.75) is 95.0 Å². The molecule has 5 unspecified atom stereocenters. The Morgan fingerprint density at radius 1 is 1.14 bits per heavy atom. The Hall–Kier alpha value is -4.15. The van der Waals surface area contributed by atoms with E-state index in [2.05, 4.69) is 15.6 Å². The van der Waals surface area contributed by atoms with Crippen molar-refractivity contribution in [1.82, 2.24) is 20.5 Å². The number of hydrogen-bond donors (Lipinski definition) is 3. The lowest BCUT2D eigenvalue weighted by molar-refractivity contribution is -0.145. The number of carboxylic acids is 1. The number of alkyl carbamates (subject to hydrolysis) is 1. The molecule has 0 bridgehead atoms. The predicted octanol–water partition coefficient (Wildman–Crippen LogP) is 3.96. The highest BCUT2D eigenvalue weighted by atomic mass is 16.6. The van der Waals surface area contributed by atoms with Gasteiger partial charge in [0.1, 0.15) is 35.1 Å². The van der Waals surface area contributed by atoms with Crippen LogP contribution in [0.5, 0.6) is 5.75 Å². The van der Waals surface area contributed by atoms with E-state index in [1.165, 1.54) is 4.90 Å². The maximum atomic E-state index is 14.1. The van der Waals surface area contributed by atoms with Crippen LogP contribution in [0.2, 0.25) is 0 Å². The molecule has 5 rings (SSSR count). The molecule has 1 aliphatic carbocycles. The van der Waals surface area contributed by atoms with Crippen LogP contribution in [-0.4, -0.2) is 74.7 Å². The van der Waals surface area contributed by atoms with Crippen molar-refractivity contribution in [3.63, 3.8) is 0 Å². The molecule has 3 aliphatic rings. The van der Waals surface area contributed by atoms with E-state index in [-0.39, 0.29) is 25.3 Å². The number of benzene rings is 1. The first-order valence-corrected chi connectivity index (χ1v) is 15.0. The zero-order chi connectivity index (χ0) is 30.8. The number of rotatable bonds is 4. The molecule has 5 atom stereocenters. The quantitative estimate of drug-likeness (QED) is 0.452. The number of aliphatic carboxylic acids is 1. The zero-order valence-electron chi connectivity index (χ0n) is 24.9. The normalized spacial score (nSPS) is 28.1. The highest BCUT2D eigenvalue weighted by Crippen LogP contribution is 2.45. The van der Waals surface area contributed by atoms with Gasteiger partial charge in [0.25, 0.3) is 0 Å². The number of nitrogens with zero attached hydrogens (tertiary/aromatic N) is 2. The van der Waals surface area contributed by atoms with Crippen LogP contribution in [0.1, 0.15) is 65.7 Å². The van der Waals surface area contributed by atoms with Crippen molar-refractivity contribution < 1.29 is 33.8 Å². The highest BCUT2D eigenvalue weighted by Gasteiger charge is 2.61. The highest BCUT2D eigenvalue weighted by molar-refractivity contribution is 5.96. The predicted molar refractivity (Wildman–Crippen MR) is 158 cm³/mol. The monoisotopic (exact) mass is 592 g/mol. The first-order valence-electron chi connectivity index (χ1n) is 15.0. The van der Waals surface area contributed by atoms with Crippen LogP contribution in [-0.2, 0) is 19.1 Å². The molecule has 230 valence electrons. The molecule has 2 aliphatic heterocycles. The largest absolute Gasteiger partial charge is 0.488 e. The van der Waals surface area contributed by atoms with E-state index in [9.17, 15) is 24.3 Å². The summed E-state index contributed by atoms with van der Waals surface area (Å²) in [6.45, 7) is 5.32. The number of carbonyl (C=O) groups excluding carboxylic acids is 3. The topological polar surface area (TPSA) is 147 Å². The number of hydrogen-bond acceptors (Lipinski definition) is 7. The number of nitrogens with one attached hydrogen (secondary N) is 2. The minimum Gasteiger partial charge on any atom is -0.488 e. The van der Waals surface area contributed by atoms with Gasteiger partial charge in [-0.3, -0.25) is 14.6 Å². The summed E-state index contributed by atoms with van der Waals surface area (Å²) in [6.07, 6.45) is 8.14. The van der Waals surface area contributed by atoms with Crippen LogP contribution in [0.25, 0.3) is 10.9 Å². The summed E-state index contributed by atoms with van der Waals surface area (Å²) in [6, 6.07) is 7.36. The lowest BCUT2D eigenvalue weighted by Crippen LogP contribution is -2.56. The second kappa shape index (κ2) is 12.2. The van der Waals surface area contributed by atoms with Crippen LogP contribution >= 0.6 is 0 Å². The van der Waals surface area contributed by atoms with Gasteiger partial charge in [0, 0.05) is 23.9 Å². The Kier molecular flexibility index (Phi) is 8.62. The maximum Gasteiger partial charge on any atom is 0.408 e. The molecular weight excluding hydrogens is 552 g/mol. The van der Waals surface area contributed by atoms with Crippen LogP contribution in [0.15, 0.2) is 48.7 Å². The Balaban J connectivity index is 1.44. The Morgan fingerprint density at radius 2 is 1.93 bits per heavy atom. The molecule has 3 N–H and O–H groups in total. The number of pyridine rings is 1. The second-order valence-corrected chi connectivity index (χ2v) is 12.6. The minimum atomic E-state index is -1.41. The second-order valence-electron chi connectivity index (χ2n) is 12.6. The smallest absolute Gasteiger partial charge is 0.408 e. The average molecular weight is 593 g/mol. The number of carbonyl (C=O) groups is 4. The molecular formula is C32H40N4O7. The van der Waals surface area contributed by atoms with Crippen molar-refractivity contribution in [2.75, 3.05) is 6.54 Å². The number of amides is 3. The molecule has 2 aromatic rings. The molecule has 0 spiro atoms. The molecule has 1 saturated carbocycles. The Morgan fingerprint density at radius 3 is 2.70 bits per heavy atom. The Labute approximate surface area is 251 Å². The van der Waals surface area contributed by atoms with Crippen molar-refractivity contribution in [2.24, 2.45) is 5.92 Å².